The molecule has 1 aromatic heterocycles. The summed E-state index contributed by atoms with van der Waals surface area (Å²) in [6.45, 7) is 2.76. The third-order valence-corrected chi connectivity index (χ3v) is 5.63. The van der Waals surface area contributed by atoms with E-state index in [0.717, 1.165) is 35.3 Å². The van der Waals surface area contributed by atoms with E-state index in [1.54, 1.807) is 17.0 Å². The van der Waals surface area contributed by atoms with Gasteiger partial charge in [-0.25, -0.2) is 4.98 Å². The van der Waals surface area contributed by atoms with Gasteiger partial charge in [0.2, 0.25) is 5.91 Å². The number of rotatable bonds is 6. The summed E-state index contributed by atoms with van der Waals surface area (Å²) in [7, 11) is 0. The first kappa shape index (κ1) is 18.4. The van der Waals surface area contributed by atoms with E-state index in [0.29, 0.717) is 17.3 Å². The highest BCUT2D eigenvalue weighted by Gasteiger charge is 2.21. The number of carbonyl (C=O) groups excluding carboxylic acids is 2. The van der Waals surface area contributed by atoms with E-state index in [-0.39, 0.29) is 18.4 Å². The molecule has 4 rings (SSSR count). The number of amides is 2. The fourth-order valence-corrected chi connectivity index (χ4v) is 4.14. The Bertz CT molecular complexity index is 1010. The lowest BCUT2D eigenvalue weighted by molar-refractivity contribution is -0.118. The molecule has 7 heteroatoms. The van der Waals surface area contributed by atoms with Crippen LogP contribution < -0.4 is 15.0 Å². The normalized spacial score (nSPS) is 13.9. The molecule has 1 N–H and O–H groups in total. The van der Waals surface area contributed by atoms with Crippen molar-refractivity contribution in [2.75, 3.05) is 23.4 Å². The number of anilines is 2. The second-order valence-electron chi connectivity index (χ2n) is 6.65. The van der Waals surface area contributed by atoms with Gasteiger partial charge in [0, 0.05) is 18.7 Å². The molecule has 0 unspecified atom stereocenters. The van der Waals surface area contributed by atoms with E-state index in [4.69, 9.17) is 4.74 Å². The SMILES string of the molecule is CCc1ccc2nc(NC(=O)COc3ccc(N4CCCC4=O)cc3)sc2c1. The van der Waals surface area contributed by atoms with Crippen LogP contribution in [0.2, 0.25) is 0 Å². The Morgan fingerprint density at radius 3 is 2.79 bits per heavy atom. The van der Waals surface area contributed by atoms with Gasteiger partial charge in [-0.15, -0.1) is 0 Å². The molecule has 1 fully saturated rings. The molecular formula is C21H21N3O3S. The first-order chi connectivity index (χ1) is 13.6. The maximum Gasteiger partial charge on any atom is 0.264 e. The van der Waals surface area contributed by atoms with Crippen molar-refractivity contribution in [3.8, 4) is 5.75 Å². The number of nitrogens with zero attached hydrogens (tertiary/aromatic N) is 2. The maximum atomic E-state index is 12.2. The van der Waals surface area contributed by atoms with Crippen molar-refractivity contribution in [3.05, 3.63) is 48.0 Å². The lowest BCUT2D eigenvalue weighted by Gasteiger charge is -2.16. The van der Waals surface area contributed by atoms with E-state index in [2.05, 4.69) is 29.4 Å². The van der Waals surface area contributed by atoms with Crippen LogP contribution in [0.4, 0.5) is 10.8 Å². The standard InChI is InChI=1S/C21H21N3O3S/c1-2-14-5-10-17-18(12-14)28-21(22-17)23-19(25)13-27-16-8-6-15(7-9-16)24-11-3-4-20(24)26/h5-10,12H,2-4,11,13H2,1H3,(H,22,23,25). The second-order valence-corrected chi connectivity index (χ2v) is 7.68. The molecule has 0 radical (unpaired) electrons. The minimum absolute atomic E-state index is 0.0991. The van der Waals surface area contributed by atoms with Crippen molar-refractivity contribution in [3.63, 3.8) is 0 Å². The summed E-state index contributed by atoms with van der Waals surface area (Å²) < 4.78 is 6.61. The fourth-order valence-electron chi connectivity index (χ4n) is 3.19. The van der Waals surface area contributed by atoms with Gasteiger partial charge < -0.3 is 9.64 Å². The summed E-state index contributed by atoms with van der Waals surface area (Å²) in [5.74, 6) is 0.478. The van der Waals surface area contributed by atoms with Crippen molar-refractivity contribution in [1.82, 2.24) is 4.98 Å². The molecule has 6 nitrogen and oxygen atoms in total. The van der Waals surface area contributed by atoms with Gasteiger partial charge in [0.05, 0.1) is 10.2 Å². The Balaban J connectivity index is 1.33. The zero-order valence-corrected chi connectivity index (χ0v) is 16.4. The highest BCUT2D eigenvalue weighted by atomic mass is 32.1. The number of fused-ring (bicyclic) bond motifs is 1. The van der Waals surface area contributed by atoms with Crippen LogP contribution in [0.5, 0.6) is 5.75 Å². The van der Waals surface area contributed by atoms with Gasteiger partial charge in [0.25, 0.3) is 5.91 Å². The number of aromatic nitrogens is 1. The Morgan fingerprint density at radius 1 is 1.25 bits per heavy atom. The number of thiazole rings is 1. The predicted octanol–water partition coefficient (Wildman–Crippen LogP) is 4.00. The lowest BCUT2D eigenvalue weighted by Crippen LogP contribution is -2.23. The topological polar surface area (TPSA) is 71.5 Å². The van der Waals surface area contributed by atoms with Gasteiger partial charge in [0.1, 0.15) is 5.75 Å². The van der Waals surface area contributed by atoms with Crippen LogP contribution >= 0.6 is 11.3 Å². The molecule has 2 amide bonds. The summed E-state index contributed by atoms with van der Waals surface area (Å²) in [4.78, 5) is 30.2. The number of ether oxygens (including phenoxy) is 1. The quantitative estimate of drug-likeness (QED) is 0.685. The molecule has 2 heterocycles. The van der Waals surface area contributed by atoms with E-state index in [1.165, 1.54) is 16.9 Å². The van der Waals surface area contributed by atoms with Crippen molar-refractivity contribution in [2.45, 2.75) is 26.2 Å². The fraction of sp³-hybridized carbons (Fsp3) is 0.286. The average Bonchev–Trinajstić information content (AvgIpc) is 3.31. The minimum Gasteiger partial charge on any atom is -0.484 e. The van der Waals surface area contributed by atoms with Crippen molar-refractivity contribution >= 4 is 44.2 Å². The van der Waals surface area contributed by atoms with Gasteiger partial charge in [-0.1, -0.05) is 24.3 Å². The molecule has 3 aromatic rings. The summed E-state index contributed by atoms with van der Waals surface area (Å²) in [6, 6.07) is 13.4. The zero-order valence-electron chi connectivity index (χ0n) is 15.6. The first-order valence-electron chi connectivity index (χ1n) is 9.35. The molecule has 0 bridgehead atoms. The Hall–Kier alpha value is -2.93. The van der Waals surface area contributed by atoms with Crippen LogP contribution in [-0.2, 0) is 16.0 Å². The number of nitrogens with one attached hydrogen (secondary N) is 1. The van der Waals surface area contributed by atoms with Crippen LogP contribution in [0.15, 0.2) is 42.5 Å². The molecule has 1 saturated heterocycles. The third kappa shape index (κ3) is 3.99. The highest BCUT2D eigenvalue weighted by Crippen LogP contribution is 2.27. The van der Waals surface area contributed by atoms with Gasteiger partial charge >= 0.3 is 0 Å². The Kier molecular flexibility index (Phi) is 5.25. The maximum absolute atomic E-state index is 12.2. The summed E-state index contributed by atoms with van der Waals surface area (Å²) in [6.07, 6.45) is 2.46. The van der Waals surface area contributed by atoms with Gasteiger partial charge in [-0.3, -0.25) is 14.9 Å². The van der Waals surface area contributed by atoms with Crippen molar-refractivity contribution in [1.29, 1.82) is 0 Å². The summed E-state index contributed by atoms with van der Waals surface area (Å²) in [5.41, 5.74) is 2.99. The number of aryl methyl sites for hydroxylation is 1. The molecule has 0 spiro atoms. The van der Waals surface area contributed by atoms with Crippen LogP contribution in [0.1, 0.15) is 25.3 Å². The number of hydrogen-bond donors (Lipinski definition) is 1. The highest BCUT2D eigenvalue weighted by molar-refractivity contribution is 7.22. The molecular weight excluding hydrogens is 374 g/mol. The molecule has 0 saturated carbocycles. The van der Waals surface area contributed by atoms with E-state index >= 15 is 0 Å². The summed E-state index contributed by atoms with van der Waals surface area (Å²) >= 11 is 1.46. The minimum atomic E-state index is -0.256. The Morgan fingerprint density at radius 2 is 2.07 bits per heavy atom. The molecule has 144 valence electrons. The van der Waals surface area contributed by atoms with Crippen LogP contribution in [0, 0.1) is 0 Å². The van der Waals surface area contributed by atoms with Gasteiger partial charge in [-0.05, 0) is 54.8 Å². The van der Waals surface area contributed by atoms with Crippen LogP contribution in [-0.4, -0.2) is 29.9 Å². The molecule has 0 aliphatic carbocycles. The molecule has 1 aliphatic heterocycles. The number of benzene rings is 2. The molecule has 28 heavy (non-hydrogen) atoms. The molecule has 0 atom stereocenters. The van der Waals surface area contributed by atoms with Crippen molar-refractivity contribution < 1.29 is 14.3 Å². The Labute approximate surface area is 167 Å². The molecule has 1 aliphatic rings. The first-order valence-corrected chi connectivity index (χ1v) is 10.2. The smallest absolute Gasteiger partial charge is 0.264 e. The number of hydrogen-bond acceptors (Lipinski definition) is 5. The number of carbonyl (C=O) groups is 2. The van der Waals surface area contributed by atoms with Crippen molar-refractivity contribution in [2.24, 2.45) is 0 Å². The summed E-state index contributed by atoms with van der Waals surface area (Å²) in [5, 5.41) is 3.36. The second kappa shape index (κ2) is 7.98. The largest absolute Gasteiger partial charge is 0.484 e. The lowest BCUT2D eigenvalue weighted by atomic mass is 10.2. The predicted molar refractivity (Wildman–Crippen MR) is 111 cm³/mol. The third-order valence-electron chi connectivity index (χ3n) is 4.70. The van der Waals surface area contributed by atoms with Crippen LogP contribution in [0.25, 0.3) is 10.2 Å². The van der Waals surface area contributed by atoms with Gasteiger partial charge in [0.15, 0.2) is 11.7 Å². The monoisotopic (exact) mass is 395 g/mol. The van der Waals surface area contributed by atoms with E-state index < -0.39 is 0 Å². The van der Waals surface area contributed by atoms with Gasteiger partial charge in [-0.2, -0.15) is 0 Å². The molecule has 2 aromatic carbocycles. The average molecular weight is 395 g/mol. The van der Waals surface area contributed by atoms with E-state index in [1.807, 2.05) is 18.2 Å². The zero-order chi connectivity index (χ0) is 19.5. The van der Waals surface area contributed by atoms with E-state index in [9.17, 15) is 9.59 Å². The van der Waals surface area contributed by atoms with Crippen LogP contribution in [0.3, 0.4) is 0 Å².